The Morgan fingerprint density at radius 3 is 3.11 bits per heavy atom. The van der Waals surface area contributed by atoms with Gasteiger partial charge >= 0.3 is 0 Å². The zero-order chi connectivity index (χ0) is 13.0. The highest BCUT2D eigenvalue weighted by Crippen LogP contribution is 2.36. The molecular formula is C11H16ClN3O2S. The molecule has 0 aromatic carbocycles. The lowest BCUT2D eigenvalue weighted by atomic mass is 10.2. The number of hydrogen-bond donors (Lipinski definition) is 2. The maximum absolute atomic E-state index is 9.33. The first-order chi connectivity index (χ1) is 8.74. The predicted octanol–water partition coefficient (Wildman–Crippen LogP) is 1.59. The summed E-state index contributed by atoms with van der Waals surface area (Å²) in [5.41, 5.74) is 0.992. The number of fused-ring (bicyclic) bond motifs is 1. The summed E-state index contributed by atoms with van der Waals surface area (Å²) >= 11 is 7.62. The number of hydrogen-bond acceptors (Lipinski definition) is 6. The Bertz CT molecular complexity index is 420. The number of aromatic nitrogens is 2. The van der Waals surface area contributed by atoms with E-state index in [9.17, 15) is 5.11 Å². The number of thioether (sulfide) groups is 1. The van der Waals surface area contributed by atoms with Crippen LogP contribution in [0.2, 0.25) is 5.28 Å². The number of nitrogens with one attached hydrogen (secondary N) is 1. The van der Waals surface area contributed by atoms with Crippen molar-refractivity contribution in [3.05, 3.63) is 11.0 Å². The number of methoxy groups -OCH3 is 1. The largest absolute Gasteiger partial charge is 0.394 e. The molecule has 1 aliphatic heterocycles. The lowest BCUT2D eigenvalue weighted by Crippen LogP contribution is -2.26. The zero-order valence-corrected chi connectivity index (χ0v) is 11.7. The fourth-order valence-corrected chi connectivity index (χ4v) is 3.04. The predicted molar refractivity (Wildman–Crippen MR) is 72.5 cm³/mol. The van der Waals surface area contributed by atoms with Gasteiger partial charge in [0.25, 0.3) is 0 Å². The zero-order valence-electron chi connectivity index (χ0n) is 10.1. The first-order valence-corrected chi connectivity index (χ1v) is 7.16. The average Bonchev–Trinajstić information content (AvgIpc) is 2.82. The number of anilines is 1. The van der Waals surface area contributed by atoms with Crippen LogP contribution in [0.25, 0.3) is 0 Å². The van der Waals surface area contributed by atoms with Gasteiger partial charge in [-0.25, -0.2) is 4.98 Å². The summed E-state index contributed by atoms with van der Waals surface area (Å²) in [6, 6.07) is -0.0822. The lowest BCUT2D eigenvalue weighted by Gasteiger charge is -2.18. The van der Waals surface area contributed by atoms with E-state index in [2.05, 4.69) is 15.3 Å². The molecule has 0 amide bonds. The van der Waals surface area contributed by atoms with Crippen molar-refractivity contribution < 1.29 is 9.84 Å². The Morgan fingerprint density at radius 2 is 2.39 bits per heavy atom. The SMILES string of the molecule is COCCC(CO)Nc1nc(Cl)nc2c1SCC2. The van der Waals surface area contributed by atoms with E-state index in [1.54, 1.807) is 18.9 Å². The molecular weight excluding hydrogens is 274 g/mol. The van der Waals surface area contributed by atoms with Crippen LogP contribution in [0.1, 0.15) is 12.1 Å². The molecule has 2 rings (SSSR count). The number of rotatable bonds is 6. The molecule has 0 radical (unpaired) electrons. The van der Waals surface area contributed by atoms with Crippen LogP contribution in [-0.2, 0) is 11.2 Å². The van der Waals surface area contributed by atoms with E-state index in [-0.39, 0.29) is 17.9 Å². The second-order valence-corrected chi connectivity index (χ2v) is 5.46. The smallest absolute Gasteiger partial charge is 0.224 e. The normalized spacial score (nSPS) is 15.5. The summed E-state index contributed by atoms with van der Waals surface area (Å²) in [4.78, 5) is 9.48. The van der Waals surface area contributed by atoms with Gasteiger partial charge in [0.15, 0.2) is 0 Å². The van der Waals surface area contributed by atoms with Gasteiger partial charge in [-0.05, 0) is 18.0 Å². The van der Waals surface area contributed by atoms with Crippen molar-refractivity contribution in [2.75, 3.05) is 31.4 Å². The summed E-state index contributed by atoms with van der Waals surface area (Å²) in [5, 5.41) is 12.8. The maximum atomic E-state index is 9.33. The highest BCUT2D eigenvalue weighted by molar-refractivity contribution is 7.99. The Morgan fingerprint density at radius 1 is 1.56 bits per heavy atom. The van der Waals surface area contributed by atoms with Gasteiger partial charge < -0.3 is 15.2 Å². The molecule has 0 saturated carbocycles. The first kappa shape index (κ1) is 13.9. The fraction of sp³-hybridized carbons (Fsp3) is 0.636. The van der Waals surface area contributed by atoms with Crippen molar-refractivity contribution in [3.63, 3.8) is 0 Å². The molecule has 2 heterocycles. The van der Waals surface area contributed by atoms with Crippen molar-refractivity contribution in [2.45, 2.75) is 23.8 Å². The molecule has 1 aromatic heterocycles. The van der Waals surface area contributed by atoms with Crippen molar-refractivity contribution in [1.29, 1.82) is 0 Å². The van der Waals surface area contributed by atoms with Crippen molar-refractivity contribution in [2.24, 2.45) is 0 Å². The number of aryl methyl sites for hydroxylation is 1. The fourth-order valence-electron chi connectivity index (χ4n) is 1.80. The minimum Gasteiger partial charge on any atom is -0.394 e. The summed E-state index contributed by atoms with van der Waals surface area (Å²) in [6.45, 7) is 0.622. The molecule has 1 unspecified atom stereocenters. The number of nitrogens with zero attached hydrogens (tertiary/aromatic N) is 2. The summed E-state index contributed by atoms with van der Waals surface area (Å²) in [7, 11) is 1.64. The third-order valence-electron chi connectivity index (χ3n) is 2.73. The van der Waals surface area contributed by atoms with E-state index in [0.717, 1.165) is 28.6 Å². The molecule has 0 fully saturated rings. The molecule has 100 valence electrons. The van der Waals surface area contributed by atoms with E-state index < -0.39 is 0 Å². The number of halogens is 1. The van der Waals surface area contributed by atoms with Gasteiger partial charge in [0.1, 0.15) is 5.82 Å². The van der Waals surface area contributed by atoms with Gasteiger partial charge in [0.05, 0.1) is 23.2 Å². The standard InChI is InChI=1S/C11H16ClN3O2S/c1-17-4-2-7(6-16)13-10-9-8(3-5-18-9)14-11(12)15-10/h7,16H,2-6H2,1H3,(H,13,14,15). The molecule has 1 aliphatic rings. The van der Waals surface area contributed by atoms with Crippen LogP contribution >= 0.6 is 23.4 Å². The van der Waals surface area contributed by atoms with Gasteiger partial charge in [-0.2, -0.15) is 4.98 Å². The lowest BCUT2D eigenvalue weighted by molar-refractivity contribution is 0.174. The summed E-state index contributed by atoms with van der Waals surface area (Å²) in [6.07, 6.45) is 1.63. The molecule has 7 heteroatoms. The molecule has 18 heavy (non-hydrogen) atoms. The number of aliphatic hydroxyl groups is 1. The number of aliphatic hydroxyl groups excluding tert-OH is 1. The quantitative estimate of drug-likeness (QED) is 0.775. The summed E-state index contributed by atoms with van der Waals surface area (Å²) < 4.78 is 5.01. The Kier molecular flexibility index (Phi) is 5.05. The Hall–Kier alpha value is -0.560. The monoisotopic (exact) mass is 289 g/mol. The van der Waals surface area contributed by atoms with Gasteiger partial charge in [-0.1, -0.05) is 0 Å². The highest BCUT2D eigenvalue weighted by Gasteiger charge is 2.21. The van der Waals surface area contributed by atoms with Crippen LogP contribution in [0, 0.1) is 0 Å². The van der Waals surface area contributed by atoms with E-state index in [1.165, 1.54) is 0 Å². The average molecular weight is 290 g/mol. The van der Waals surface area contributed by atoms with E-state index >= 15 is 0 Å². The molecule has 0 bridgehead atoms. The molecule has 0 saturated heterocycles. The second-order valence-electron chi connectivity index (χ2n) is 4.02. The Labute approximate surface area is 115 Å². The van der Waals surface area contributed by atoms with E-state index in [4.69, 9.17) is 16.3 Å². The molecule has 0 aliphatic carbocycles. The van der Waals surface area contributed by atoms with E-state index in [1.807, 2.05) is 0 Å². The van der Waals surface area contributed by atoms with Crippen LogP contribution in [0.5, 0.6) is 0 Å². The van der Waals surface area contributed by atoms with Crippen molar-refractivity contribution in [1.82, 2.24) is 9.97 Å². The first-order valence-electron chi connectivity index (χ1n) is 5.80. The van der Waals surface area contributed by atoms with Crippen LogP contribution < -0.4 is 5.32 Å². The third-order valence-corrected chi connectivity index (χ3v) is 4.02. The maximum Gasteiger partial charge on any atom is 0.224 e. The van der Waals surface area contributed by atoms with Crippen LogP contribution in [-0.4, -0.2) is 47.2 Å². The van der Waals surface area contributed by atoms with Crippen LogP contribution in [0.15, 0.2) is 4.90 Å². The van der Waals surface area contributed by atoms with Crippen molar-refractivity contribution >= 4 is 29.2 Å². The molecule has 1 aromatic rings. The second kappa shape index (κ2) is 6.56. The van der Waals surface area contributed by atoms with Gasteiger partial charge in [0, 0.05) is 25.9 Å². The Balaban J connectivity index is 2.12. The van der Waals surface area contributed by atoms with Gasteiger partial charge in [0.2, 0.25) is 5.28 Å². The minimum absolute atomic E-state index is 0.0322. The molecule has 1 atom stereocenters. The van der Waals surface area contributed by atoms with Crippen LogP contribution in [0.4, 0.5) is 5.82 Å². The van der Waals surface area contributed by atoms with E-state index in [0.29, 0.717) is 13.0 Å². The highest BCUT2D eigenvalue weighted by atomic mass is 35.5. The number of ether oxygens (including phenoxy) is 1. The van der Waals surface area contributed by atoms with Crippen molar-refractivity contribution in [3.8, 4) is 0 Å². The topological polar surface area (TPSA) is 67.3 Å². The minimum atomic E-state index is -0.0822. The summed E-state index contributed by atoms with van der Waals surface area (Å²) in [5.74, 6) is 1.73. The van der Waals surface area contributed by atoms with Gasteiger partial charge in [-0.15, -0.1) is 11.8 Å². The third kappa shape index (κ3) is 3.26. The van der Waals surface area contributed by atoms with Crippen LogP contribution in [0.3, 0.4) is 0 Å². The molecule has 2 N–H and O–H groups in total. The van der Waals surface area contributed by atoms with Gasteiger partial charge in [-0.3, -0.25) is 0 Å². The molecule has 0 spiro atoms. The molecule has 5 nitrogen and oxygen atoms in total.